The van der Waals surface area contributed by atoms with Crippen molar-refractivity contribution in [1.29, 1.82) is 0 Å². The molecule has 0 heterocycles. The molecule has 6 heteroatoms. The largest absolute Gasteiger partial charge is 0.451 e. The predicted octanol–water partition coefficient (Wildman–Crippen LogP) is 4.65. The molecule has 0 aliphatic carbocycles. The summed E-state index contributed by atoms with van der Waals surface area (Å²) in [7, 11) is 0. The Labute approximate surface area is 112 Å². The first-order valence-electron chi connectivity index (χ1n) is 4.85. The van der Waals surface area contributed by atoms with Gasteiger partial charge in [0.25, 0.3) is 0 Å². The minimum Gasteiger partial charge on any atom is -0.451 e. The van der Waals surface area contributed by atoms with Gasteiger partial charge in [0.1, 0.15) is 5.75 Å². The number of nitrogen functional groups attached to an aromatic ring is 1. The molecule has 0 saturated heterocycles. The van der Waals surface area contributed by atoms with Gasteiger partial charge in [0.2, 0.25) is 0 Å². The second-order valence-electron chi connectivity index (χ2n) is 3.49. The van der Waals surface area contributed by atoms with Crippen molar-refractivity contribution in [3.8, 4) is 11.5 Å². The third kappa shape index (κ3) is 2.66. The van der Waals surface area contributed by atoms with Crippen molar-refractivity contribution in [2.45, 2.75) is 0 Å². The van der Waals surface area contributed by atoms with Gasteiger partial charge in [-0.05, 0) is 12.1 Å². The van der Waals surface area contributed by atoms with Gasteiger partial charge in [-0.25, -0.2) is 8.78 Å². The Morgan fingerprint density at radius 3 is 2.11 bits per heavy atom. The van der Waals surface area contributed by atoms with Crippen molar-refractivity contribution in [3.05, 3.63) is 52.0 Å². The second kappa shape index (κ2) is 5.00. The minimum absolute atomic E-state index is 0.0218. The molecular weight excluding hydrogens is 283 g/mol. The molecule has 0 unspecified atom stereocenters. The van der Waals surface area contributed by atoms with Gasteiger partial charge < -0.3 is 10.5 Å². The van der Waals surface area contributed by atoms with Crippen LogP contribution in [0.25, 0.3) is 0 Å². The molecule has 94 valence electrons. The van der Waals surface area contributed by atoms with Crippen LogP contribution in [0.2, 0.25) is 10.0 Å². The minimum atomic E-state index is -0.890. The van der Waals surface area contributed by atoms with Gasteiger partial charge in [0.05, 0.1) is 10.0 Å². The van der Waals surface area contributed by atoms with E-state index in [1.54, 1.807) is 0 Å². The molecule has 0 aliphatic rings. The van der Waals surface area contributed by atoms with Gasteiger partial charge in [0, 0.05) is 23.9 Å². The second-order valence-corrected chi connectivity index (χ2v) is 4.31. The third-order valence-electron chi connectivity index (χ3n) is 2.13. The lowest BCUT2D eigenvalue weighted by Crippen LogP contribution is -1.95. The molecule has 2 aromatic carbocycles. The first-order chi connectivity index (χ1) is 8.47. The van der Waals surface area contributed by atoms with Gasteiger partial charge >= 0.3 is 0 Å². The van der Waals surface area contributed by atoms with Gasteiger partial charge in [-0.15, -0.1) is 0 Å². The topological polar surface area (TPSA) is 35.2 Å². The van der Waals surface area contributed by atoms with E-state index in [4.69, 9.17) is 33.7 Å². The lowest BCUT2D eigenvalue weighted by Gasteiger charge is -2.09. The quantitative estimate of drug-likeness (QED) is 0.817. The van der Waals surface area contributed by atoms with E-state index in [1.807, 2.05) is 0 Å². The fourth-order valence-corrected chi connectivity index (χ4v) is 1.62. The molecule has 0 saturated carbocycles. The van der Waals surface area contributed by atoms with Gasteiger partial charge in [0.15, 0.2) is 17.4 Å². The average molecular weight is 290 g/mol. The maximum atomic E-state index is 13.5. The Morgan fingerprint density at radius 1 is 0.944 bits per heavy atom. The molecule has 0 spiro atoms. The van der Waals surface area contributed by atoms with Gasteiger partial charge in [-0.2, -0.15) is 0 Å². The van der Waals surface area contributed by atoms with E-state index < -0.39 is 17.4 Å². The van der Waals surface area contributed by atoms with E-state index in [1.165, 1.54) is 18.2 Å². The number of benzene rings is 2. The Balaban J connectivity index is 2.37. The Hall–Kier alpha value is -1.52. The first kappa shape index (κ1) is 12.9. The molecule has 0 radical (unpaired) electrons. The van der Waals surface area contributed by atoms with Gasteiger partial charge in [-0.1, -0.05) is 23.2 Å². The van der Waals surface area contributed by atoms with E-state index in [0.717, 1.165) is 12.1 Å². The smallest absolute Gasteiger partial charge is 0.198 e. The van der Waals surface area contributed by atoms with E-state index in [9.17, 15) is 8.78 Å². The zero-order valence-corrected chi connectivity index (χ0v) is 10.4. The number of hydrogen-bond acceptors (Lipinski definition) is 2. The SMILES string of the molecule is Nc1cc(F)c(Oc2ccc(Cl)c(Cl)c2)c(F)c1. The summed E-state index contributed by atoms with van der Waals surface area (Å²) in [5.74, 6) is -2.15. The standard InChI is InChI=1S/C12H7Cl2F2NO/c13-8-2-1-7(5-9(8)14)18-12-10(15)3-6(17)4-11(12)16/h1-5H,17H2. The zero-order chi connectivity index (χ0) is 13.3. The van der Waals surface area contributed by atoms with Crippen LogP contribution in [0.1, 0.15) is 0 Å². The molecule has 0 amide bonds. The summed E-state index contributed by atoms with van der Waals surface area (Å²) in [6, 6.07) is 6.21. The summed E-state index contributed by atoms with van der Waals surface area (Å²) in [6.45, 7) is 0. The highest BCUT2D eigenvalue weighted by Crippen LogP contribution is 2.32. The molecule has 0 fully saturated rings. The van der Waals surface area contributed by atoms with E-state index >= 15 is 0 Å². The maximum Gasteiger partial charge on any atom is 0.198 e. The number of halogens is 4. The summed E-state index contributed by atoms with van der Waals surface area (Å²) in [6.07, 6.45) is 0. The van der Waals surface area contributed by atoms with Crippen LogP contribution in [0.4, 0.5) is 14.5 Å². The molecule has 0 bridgehead atoms. The van der Waals surface area contributed by atoms with Crippen LogP contribution in [0.15, 0.2) is 30.3 Å². The molecule has 2 N–H and O–H groups in total. The summed E-state index contributed by atoms with van der Waals surface area (Å²) >= 11 is 11.5. The van der Waals surface area contributed by atoms with Crippen LogP contribution in [-0.4, -0.2) is 0 Å². The van der Waals surface area contributed by atoms with Crippen LogP contribution in [0, 0.1) is 11.6 Å². The van der Waals surface area contributed by atoms with Gasteiger partial charge in [-0.3, -0.25) is 0 Å². The Morgan fingerprint density at radius 2 is 1.56 bits per heavy atom. The molecule has 0 aliphatic heterocycles. The first-order valence-corrected chi connectivity index (χ1v) is 5.60. The number of nitrogens with two attached hydrogens (primary N) is 1. The predicted molar refractivity (Wildman–Crippen MR) is 67.3 cm³/mol. The third-order valence-corrected chi connectivity index (χ3v) is 2.87. The van der Waals surface area contributed by atoms with Crippen LogP contribution in [0.3, 0.4) is 0 Å². The van der Waals surface area contributed by atoms with Crippen molar-refractivity contribution in [3.63, 3.8) is 0 Å². The van der Waals surface area contributed by atoms with Crippen LogP contribution < -0.4 is 10.5 Å². The lowest BCUT2D eigenvalue weighted by molar-refractivity contribution is 0.408. The van der Waals surface area contributed by atoms with Crippen LogP contribution in [0.5, 0.6) is 11.5 Å². The Bertz CT molecular complexity index is 582. The van der Waals surface area contributed by atoms with Crippen molar-refractivity contribution in [2.75, 3.05) is 5.73 Å². The highest BCUT2D eigenvalue weighted by molar-refractivity contribution is 6.42. The number of rotatable bonds is 2. The molecule has 2 nitrogen and oxygen atoms in total. The Kier molecular flexibility index (Phi) is 3.59. The average Bonchev–Trinajstić information content (AvgIpc) is 2.28. The summed E-state index contributed by atoms with van der Waals surface area (Å²) in [5.41, 5.74) is 5.27. The van der Waals surface area contributed by atoms with E-state index in [2.05, 4.69) is 0 Å². The van der Waals surface area contributed by atoms with E-state index in [-0.39, 0.29) is 16.5 Å². The number of ether oxygens (including phenoxy) is 1. The van der Waals surface area contributed by atoms with Crippen LogP contribution >= 0.6 is 23.2 Å². The van der Waals surface area contributed by atoms with Crippen LogP contribution in [-0.2, 0) is 0 Å². The highest BCUT2D eigenvalue weighted by Gasteiger charge is 2.13. The highest BCUT2D eigenvalue weighted by atomic mass is 35.5. The fourth-order valence-electron chi connectivity index (χ4n) is 1.34. The van der Waals surface area contributed by atoms with Crippen molar-refractivity contribution >= 4 is 28.9 Å². The molecule has 2 aromatic rings. The normalized spacial score (nSPS) is 10.4. The monoisotopic (exact) mass is 289 g/mol. The molecule has 0 atom stereocenters. The van der Waals surface area contributed by atoms with E-state index in [0.29, 0.717) is 5.02 Å². The molecule has 0 aromatic heterocycles. The lowest BCUT2D eigenvalue weighted by atomic mass is 10.2. The van der Waals surface area contributed by atoms with Crippen molar-refractivity contribution in [2.24, 2.45) is 0 Å². The molecule has 18 heavy (non-hydrogen) atoms. The summed E-state index contributed by atoms with van der Waals surface area (Å²) in [5, 5.41) is 0.549. The van der Waals surface area contributed by atoms with Crippen molar-refractivity contribution < 1.29 is 13.5 Å². The zero-order valence-electron chi connectivity index (χ0n) is 8.88. The molecule has 2 rings (SSSR count). The van der Waals surface area contributed by atoms with Crippen molar-refractivity contribution in [1.82, 2.24) is 0 Å². The molecular formula is C12H7Cl2F2NO. The maximum absolute atomic E-state index is 13.5. The summed E-state index contributed by atoms with van der Waals surface area (Å²) in [4.78, 5) is 0. The fraction of sp³-hybridized carbons (Fsp3) is 0. The summed E-state index contributed by atoms with van der Waals surface area (Å²) < 4.78 is 32.0. The number of hydrogen-bond donors (Lipinski definition) is 1. The number of anilines is 1.